The molecule has 2 aliphatic heterocycles. The maximum atomic E-state index is 13.3. The van der Waals surface area contributed by atoms with E-state index >= 15 is 0 Å². The molecule has 0 spiro atoms. The van der Waals surface area contributed by atoms with E-state index in [1.54, 1.807) is 54.6 Å². The minimum absolute atomic E-state index is 0.0652. The highest BCUT2D eigenvalue weighted by Crippen LogP contribution is 2.48. The van der Waals surface area contributed by atoms with Crippen molar-refractivity contribution in [3.63, 3.8) is 0 Å². The Kier molecular flexibility index (Phi) is 5.22. The van der Waals surface area contributed by atoms with Crippen LogP contribution in [0.3, 0.4) is 0 Å². The van der Waals surface area contributed by atoms with Crippen LogP contribution in [-0.2, 0) is 9.53 Å². The molecule has 1 aromatic heterocycles. The number of ether oxygens (including phenoxy) is 3. The molecule has 3 aromatic carbocycles. The average molecular weight is 494 g/mol. The van der Waals surface area contributed by atoms with Crippen molar-refractivity contribution in [1.82, 2.24) is 0 Å². The maximum Gasteiger partial charge on any atom is 0.337 e. The van der Waals surface area contributed by atoms with E-state index in [9.17, 15) is 19.2 Å². The first-order chi connectivity index (χ1) is 17.9. The van der Waals surface area contributed by atoms with Gasteiger partial charge < -0.3 is 18.6 Å². The third-order valence-corrected chi connectivity index (χ3v) is 6.49. The summed E-state index contributed by atoms with van der Waals surface area (Å²) in [6.45, 7) is 0. The van der Waals surface area contributed by atoms with Crippen LogP contribution in [0.1, 0.15) is 49.7 Å². The molecule has 0 saturated heterocycles. The molecule has 0 fully saturated rings. The van der Waals surface area contributed by atoms with Gasteiger partial charge in [0.1, 0.15) is 17.1 Å². The molecule has 2 aliphatic rings. The van der Waals surface area contributed by atoms with Crippen LogP contribution in [0.15, 0.2) is 81.9 Å². The number of Topliss-reactive ketones (excluding diaryl/α,β-unsaturated/α-hetero) is 1. The first-order valence-corrected chi connectivity index (χ1v) is 11.4. The van der Waals surface area contributed by atoms with Gasteiger partial charge in [-0.05, 0) is 48.0 Å². The number of methoxy groups -OCH3 is 1. The molecule has 0 radical (unpaired) electrons. The number of allylic oxidation sites excluding steroid dienone is 1. The van der Waals surface area contributed by atoms with E-state index in [0.717, 1.165) is 0 Å². The van der Waals surface area contributed by atoms with E-state index in [2.05, 4.69) is 0 Å². The number of esters is 2. The summed E-state index contributed by atoms with van der Waals surface area (Å²) in [7, 11) is 1.30. The molecule has 1 atom stereocenters. The fourth-order valence-electron chi connectivity index (χ4n) is 4.69. The number of para-hydroxylation sites is 1. The Balaban J connectivity index is 1.43. The first-order valence-electron chi connectivity index (χ1n) is 11.4. The summed E-state index contributed by atoms with van der Waals surface area (Å²) in [5, 5.41) is 0.390. The lowest BCUT2D eigenvalue weighted by Gasteiger charge is -2.25. The predicted molar refractivity (Wildman–Crippen MR) is 132 cm³/mol. The van der Waals surface area contributed by atoms with Crippen molar-refractivity contribution in [2.75, 3.05) is 7.11 Å². The van der Waals surface area contributed by atoms with Crippen molar-refractivity contribution in [3.05, 3.63) is 111 Å². The third-order valence-electron chi connectivity index (χ3n) is 6.49. The highest BCUT2D eigenvalue weighted by molar-refractivity contribution is 6.15. The Morgan fingerprint density at radius 1 is 0.973 bits per heavy atom. The fourth-order valence-corrected chi connectivity index (χ4v) is 4.69. The number of carbonyl (C=O) groups is 3. The maximum absolute atomic E-state index is 13.3. The van der Waals surface area contributed by atoms with Crippen LogP contribution in [0.4, 0.5) is 0 Å². The molecule has 3 heterocycles. The lowest BCUT2D eigenvalue weighted by molar-refractivity contribution is -0.135. The number of ketones is 1. The van der Waals surface area contributed by atoms with Crippen LogP contribution in [0.2, 0.25) is 0 Å². The minimum atomic E-state index is -0.724. The number of rotatable bonds is 3. The number of carbonyl (C=O) groups excluding carboxylic acids is 3. The van der Waals surface area contributed by atoms with Crippen molar-refractivity contribution >= 4 is 34.8 Å². The highest BCUT2D eigenvalue weighted by atomic mass is 16.5. The average Bonchev–Trinajstić information content (AvgIpc) is 3.23. The normalized spacial score (nSPS) is 17.2. The number of fused-ring (bicyclic) bond motifs is 4. The zero-order chi connectivity index (χ0) is 25.7. The van der Waals surface area contributed by atoms with E-state index in [1.165, 1.54) is 25.5 Å². The molecule has 0 saturated carbocycles. The molecule has 0 unspecified atom stereocenters. The molecule has 0 bridgehead atoms. The van der Waals surface area contributed by atoms with Gasteiger partial charge >= 0.3 is 11.9 Å². The van der Waals surface area contributed by atoms with Crippen molar-refractivity contribution in [2.45, 2.75) is 12.3 Å². The molecular weight excluding hydrogens is 476 g/mol. The number of hydrogen-bond acceptors (Lipinski definition) is 8. The van der Waals surface area contributed by atoms with Gasteiger partial charge in [0.05, 0.1) is 36.3 Å². The van der Waals surface area contributed by atoms with Crippen molar-refractivity contribution in [3.8, 4) is 11.5 Å². The first kappa shape index (κ1) is 22.5. The van der Waals surface area contributed by atoms with Crippen molar-refractivity contribution in [1.29, 1.82) is 0 Å². The van der Waals surface area contributed by atoms with Crippen molar-refractivity contribution < 1.29 is 33.0 Å². The van der Waals surface area contributed by atoms with Gasteiger partial charge in [0.2, 0.25) is 5.78 Å². The Hall–Kier alpha value is -4.98. The third kappa shape index (κ3) is 3.70. The van der Waals surface area contributed by atoms with Gasteiger partial charge in [-0.2, -0.15) is 0 Å². The van der Waals surface area contributed by atoms with E-state index < -0.39 is 17.9 Å². The predicted octanol–water partition coefficient (Wildman–Crippen LogP) is 4.64. The molecule has 182 valence electrons. The second kappa shape index (κ2) is 8.60. The molecule has 8 heteroatoms. The van der Waals surface area contributed by atoms with Gasteiger partial charge in [-0.15, -0.1) is 0 Å². The Bertz CT molecular complexity index is 1710. The van der Waals surface area contributed by atoms with Crippen molar-refractivity contribution in [2.24, 2.45) is 0 Å². The monoisotopic (exact) mass is 494 g/mol. The molecule has 0 amide bonds. The van der Waals surface area contributed by atoms with Crippen LogP contribution in [-0.4, -0.2) is 24.8 Å². The second-order valence-electron chi connectivity index (χ2n) is 8.65. The molecule has 4 aromatic rings. The van der Waals surface area contributed by atoms with Crippen LogP contribution < -0.4 is 14.9 Å². The lowest BCUT2D eigenvalue weighted by Crippen LogP contribution is -2.25. The summed E-state index contributed by atoms with van der Waals surface area (Å²) >= 11 is 0. The van der Waals surface area contributed by atoms with E-state index in [0.29, 0.717) is 33.2 Å². The van der Waals surface area contributed by atoms with Gasteiger partial charge in [0, 0.05) is 17.0 Å². The van der Waals surface area contributed by atoms with Crippen LogP contribution in [0.25, 0.3) is 17.0 Å². The van der Waals surface area contributed by atoms with E-state index in [-0.39, 0.29) is 40.5 Å². The summed E-state index contributed by atoms with van der Waals surface area (Å²) in [6, 6.07) is 16.4. The van der Waals surface area contributed by atoms with E-state index in [1.807, 2.05) is 0 Å². The summed E-state index contributed by atoms with van der Waals surface area (Å²) < 4.78 is 21.9. The zero-order valence-corrected chi connectivity index (χ0v) is 19.5. The number of hydrogen-bond donors (Lipinski definition) is 0. The fraction of sp³-hybridized carbons (Fsp3) is 0.103. The topological polar surface area (TPSA) is 109 Å². The van der Waals surface area contributed by atoms with E-state index in [4.69, 9.17) is 18.6 Å². The molecule has 6 rings (SSSR count). The Morgan fingerprint density at radius 3 is 2.54 bits per heavy atom. The SMILES string of the molecule is COC(=O)c1ccc(/C=C2\Oc3c(ccc4c3[C@H](c3coc5ccccc5c3=O)CC(=O)O4)C2=O)cc1. The van der Waals surface area contributed by atoms with Crippen LogP contribution in [0.5, 0.6) is 11.5 Å². The summed E-state index contributed by atoms with van der Waals surface area (Å²) in [5.74, 6) is -1.51. The van der Waals surface area contributed by atoms with Gasteiger partial charge in [-0.25, -0.2) is 4.79 Å². The summed E-state index contributed by atoms with van der Waals surface area (Å²) in [5.41, 5.74) is 2.19. The molecule has 8 nitrogen and oxygen atoms in total. The molecule has 37 heavy (non-hydrogen) atoms. The molecule has 0 N–H and O–H groups in total. The summed E-state index contributed by atoms with van der Waals surface area (Å²) in [6.07, 6.45) is 2.80. The van der Waals surface area contributed by atoms with Gasteiger partial charge in [-0.3, -0.25) is 14.4 Å². The Morgan fingerprint density at radius 2 is 1.76 bits per heavy atom. The standard InChI is InChI=1S/C29H18O8/c1-34-29(33)16-8-6-15(7-9-16)12-23-27(32)18-10-11-22-25(28(18)37-23)19(13-24(30)36-22)20-14-35-21-5-3-2-4-17(21)26(20)31/h2-12,14,19H,13H2,1H3/b23-12-/t19-/m0/s1. The minimum Gasteiger partial charge on any atom is -0.465 e. The largest absolute Gasteiger partial charge is 0.465 e. The quantitative estimate of drug-likeness (QED) is 0.230. The summed E-state index contributed by atoms with van der Waals surface area (Å²) in [4.78, 5) is 50.7. The van der Waals surface area contributed by atoms with Crippen LogP contribution in [0, 0.1) is 0 Å². The molecule has 0 aliphatic carbocycles. The zero-order valence-electron chi connectivity index (χ0n) is 19.5. The highest BCUT2D eigenvalue weighted by Gasteiger charge is 2.39. The van der Waals surface area contributed by atoms with Crippen LogP contribution >= 0.6 is 0 Å². The smallest absolute Gasteiger partial charge is 0.337 e. The van der Waals surface area contributed by atoms with Gasteiger partial charge in [-0.1, -0.05) is 24.3 Å². The number of benzene rings is 3. The van der Waals surface area contributed by atoms with Gasteiger partial charge in [0.25, 0.3) is 0 Å². The molecular formula is C29H18O8. The second-order valence-corrected chi connectivity index (χ2v) is 8.65. The lowest BCUT2D eigenvalue weighted by atomic mass is 9.85. The van der Waals surface area contributed by atoms with Gasteiger partial charge in [0.15, 0.2) is 11.2 Å². The Labute approximate surface area is 209 Å².